The van der Waals surface area contributed by atoms with Gasteiger partial charge in [0.1, 0.15) is 5.69 Å². The Morgan fingerprint density at radius 1 is 1.24 bits per heavy atom. The van der Waals surface area contributed by atoms with E-state index in [1.54, 1.807) is 6.07 Å². The van der Waals surface area contributed by atoms with Gasteiger partial charge in [0.05, 0.1) is 17.4 Å². The number of anilines is 1. The SMILES string of the molecule is O=C(Nc1ccc(C(F)(F)F)nc1)c1ccc(Cl)cc1Br. The Morgan fingerprint density at radius 3 is 2.48 bits per heavy atom. The van der Waals surface area contributed by atoms with Gasteiger partial charge in [0, 0.05) is 9.50 Å². The summed E-state index contributed by atoms with van der Waals surface area (Å²) in [5, 5.41) is 2.91. The van der Waals surface area contributed by atoms with Gasteiger partial charge in [-0.15, -0.1) is 0 Å². The molecule has 0 atom stereocenters. The summed E-state index contributed by atoms with van der Waals surface area (Å²) in [6.07, 6.45) is -3.56. The monoisotopic (exact) mass is 378 g/mol. The van der Waals surface area contributed by atoms with E-state index in [0.717, 1.165) is 18.3 Å². The van der Waals surface area contributed by atoms with Crippen LogP contribution in [0.25, 0.3) is 0 Å². The molecule has 3 nitrogen and oxygen atoms in total. The Hall–Kier alpha value is -1.60. The molecule has 2 rings (SSSR count). The number of rotatable bonds is 2. The fourth-order valence-corrected chi connectivity index (χ4v) is 2.37. The normalized spacial score (nSPS) is 11.3. The summed E-state index contributed by atoms with van der Waals surface area (Å²) in [4.78, 5) is 15.3. The third-order valence-electron chi connectivity index (χ3n) is 2.49. The number of nitrogens with one attached hydrogen (secondary N) is 1. The maximum Gasteiger partial charge on any atom is 0.433 e. The van der Waals surface area contributed by atoms with Crippen LogP contribution in [0.5, 0.6) is 0 Å². The van der Waals surface area contributed by atoms with E-state index in [0.29, 0.717) is 15.1 Å². The summed E-state index contributed by atoms with van der Waals surface area (Å²) in [7, 11) is 0. The van der Waals surface area contributed by atoms with Crippen molar-refractivity contribution in [2.75, 3.05) is 5.32 Å². The minimum absolute atomic E-state index is 0.162. The molecule has 0 unspecified atom stereocenters. The lowest BCUT2D eigenvalue weighted by Crippen LogP contribution is -2.14. The van der Waals surface area contributed by atoms with Crippen LogP contribution in [0.1, 0.15) is 16.1 Å². The maximum atomic E-state index is 12.4. The fourth-order valence-electron chi connectivity index (χ4n) is 1.51. The van der Waals surface area contributed by atoms with Crippen molar-refractivity contribution < 1.29 is 18.0 Å². The highest BCUT2D eigenvalue weighted by molar-refractivity contribution is 9.10. The van der Waals surface area contributed by atoms with Crippen LogP contribution < -0.4 is 5.32 Å². The number of alkyl halides is 3. The highest BCUT2D eigenvalue weighted by Gasteiger charge is 2.32. The van der Waals surface area contributed by atoms with Crippen LogP contribution in [0.15, 0.2) is 41.0 Å². The second-order valence-electron chi connectivity index (χ2n) is 4.01. The van der Waals surface area contributed by atoms with Crippen molar-refractivity contribution in [3.8, 4) is 0 Å². The van der Waals surface area contributed by atoms with Gasteiger partial charge in [-0.2, -0.15) is 13.2 Å². The van der Waals surface area contributed by atoms with Gasteiger partial charge in [0.15, 0.2) is 0 Å². The molecule has 0 bridgehead atoms. The van der Waals surface area contributed by atoms with Crippen LogP contribution in [-0.2, 0) is 6.18 Å². The average Bonchev–Trinajstić information content (AvgIpc) is 2.38. The summed E-state index contributed by atoms with van der Waals surface area (Å²) in [5.74, 6) is -0.486. The largest absolute Gasteiger partial charge is 0.433 e. The van der Waals surface area contributed by atoms with E-state index in [1.807, 2.05) is 0 Å². The van der Waals surface area contributed by atoms with Crippen LogP contribution in [0, 0.1) is 0 Å². The number of benzene rings is 1. The number of carbonyl (C=O) groups is 1. The summed E-state index contributed by atoms with van der Waals surface area (Å²) in [6.45, 7) is 0. The van der Waals surface area contributed by atoms with E-state index in [4.69, 9.17) is 11.6 Å². The molecule has 2 aromatic rings. The quantitative estimate of drug-likeness (QED) is 0.817. The second-order valence-corrected chi connectivity index (χ2v) is 5.30. The van der Waals surface area contributed by atoms with Gasteiger partial charge in [-0.3, -0.25) is 4.79 Å². The van der Waals surface area contributed by atoms with Crippen LogP contribution in [-0.4, -0.2) is 10.9 Å². The Bertz CT molecular complexity index is 674. The number of hydrogen-bond donors (Lipinski definition) is 1. The summed E-state index contributed by atoms with van der Waals surface area (Å²) >= 11 is 8.95. The van der Waals surface area contributed by atoms with E-state index >= 15 is 0 Å². The smallest absolute Gasteiger partial charge is 0.321 e. The molecule has 1 N–H and O–H groups in total. The molecular weight excluding hydrogens is 373 g/mol. The van der Waals surface area contributed by atoms with Gasteiger partial charge in [-0.05, 0) is 46.3 Å². The highest BCUT2D eigenvalue weighted by atomic mass is 79.9. The first-order valence-electron chi connectivity index (χ1n) is 5.57. The maximum absolute atomic E-state index is 12.4. The number of carbonyl (C=O) groups excluding carboxylic acids is 1. The average molecular weight is 380 g/mol. The standard InChI is InChI=1S/C13H7BrClF3N2O/c14-10-5-7(15)1-3-9(10)12(21)20-8-2-4-11(19-6-8)13(16,17)18/h1-6H,(H,20,21). The Kier molecular flexibility index (Phi) is 4.53. The van der Waals surface area contributed by atoms with Crippen molar-refractivity contribution in [2.24, 2.45) is 0 Å². The van der Waals surface area contributed by atoms with Crippen molar-refractivity contribution in [1.82, 2.24) is 4.98 Å². The molecule has 1 amide bonds. The molecule has 8 heteroatoms. The fraction of sp³-hybridized carbons (Fsp3) is 0.0769. The molecule has 0 fully saturated rings. The van der Waals surface area contributed by atoms with Crippen LogP contribution in [0.2, 0.25) is 5.02 Å². The number of hydrogen-bond acceptors (Lipinski definition) is 2. The number of halogens is 5. The van der Waals surface area contributed by atoms with Gasteiger partial charge < -0.3 is 5.32 Å². The van der Waals surface area contributed by atoms with Crippen LogP contribution >= 0.6 is 27.5 Å². The molecule has 0 radical (unpaired) electrons. The van der Waals surface area contributed by atoms with Crippen LogP contribution in [0.4, 0.5) is 18.9 Å². The molecule has 0 aliphatic carbocycles. The number of aromatic nitrogens is 1. The Morgan fingerprint density at radius 2 is 1.95 bits per heavy atom. The topological polar surface area (TPSA) is 42.0 Å². The van der Waals surface area contributed by atoms with E-state index < -0.39 is 17.8 Å². The van der Waals surface area contributed by atoms with Gasteiger partial charge in [0.2, 0.25) is 0 Å². The Labute approximate surface area is 131 Å². The van der Waals surface area contributed by atoms with Crippen molar-refractivity contribution >= 4 is 39.1 Å². The third kappa shape index (κ3) is 3.95. The van der Waals surface area contributed by atoms with Crippen molar-refractivity contribution in [3.05, 3.63) is 57.3 Å². The lowest BCUT2D eigenvalue weighted by Gasteiger charge is -2.09. The van der Waals surface area contributed by atoms with Crippen LogP contribution in [0.3, 0.4) is 0 Å². The molecule has 21 heavy (non-hydrogen) atoms. The molecule has 1 aromatic heterocycles. The zero-order valence-electron chi connectivity index (χ0n) is 10.2. The number of amides is 1. The first-order valence-corrected chi connectivity index (χ1v) is 6.74. The minimum Gasteiger partial charge on any atom is -0.321 e. The molecule has 0 saturated heterocycles. The first kappa shape index (κ1) is 15.8. The molecule has 0 aliphatic heterocycles. The predicted octanol–water partition coefficient (Wildman–Crippen LogP) is 4.77. The van der Waals surface area contributed by atoms with E-state index in [9.17, 15) is 18.0 Å². The highest BCUT2D eigenvalue weighted by Crippen LogP contribution is 2.28. The molecule has 0 saturated carbocycles. The third-order valence-corrected chi connectivity index (χ3v) is 3.38. The zero-order chi connectivity index (χ0) is 15.6. The molecule has 1 aromatic carbocycles. The van der Waals surface area contributed by atoms with E-state index in [-0.39, 0.29) is 5.69 Å². The molecule has 110 valence electrons. The number of nitrogens with zero attached hydrogens (tertiary/aromatic N) is 1. The minimum atomic E-state index is -4.51. The second kappa shape index (κ2) is 6.03. The van der Waals surface area contributed by atoms with Gasteiger partial charge in [-0.25, -0.2) is 4.98 Å². The summed E-state index contributed by atoms with van der Waals surface area (Å²) in [6, 6.07) is 6.51. The molecule has 0 aliphatic rings. The number of pyridine rings is 1. The lowest BCUT2D eigenvalue weighted by molar-refractivity contribution is -0.141. The molecular formula is C13H7BrClF3N2O. The van der Waals surface area contributed by atoms with Gasteiger partial charge in [-0.1, -0.05) is 11.6 Å². The summed E-state index contributed by atoms with van der Waals surface area (Å²) < 4.78 is 37.6. The van der Waals surface area contributed by atoms with Crippen molar-refractivity contribution in [2.45, 2.75) is 6.18 Å². The zero-order valence-corrected chi connectivity index (χ0v) is 12.6. The van der Waals surface area contributed by atoms with Gasteiger partial charge >= 0.3 is 6.18 Å². The van der Waals surface area contributed by atoms with Gasteiger partial charge in [0.25, 0.3) is 5.91 Å². The van der Waals surface area contributed by atoms with E-state index in [1.165, 1.54) is 12.1 Å². The van der Waals surface area contributed by atoms with E-state index in [2.05, 4.69) is 26.2 Å². The van der Waals surface area contributed by atoms with Crippen molar-refractivity contribution in [3.63, 3.8) is 0 Å². The summed E-state index contributed by atoms with van der Waals surface area (Å²) in [5.41, 5.74) is -0.553. The predicted molar refractivity (Wildman–Crippen MR) is 76.3 cm³/mol. The Balaban J connectivity index is 2.16. The molecule has 1 heterocycles. The first-order chi connectivity index (χ1) is 9.77. The molecule has 0 spiro atoms. The lowest BCUT2D eigenvalue weighted by atomic mass is 10.2. The van der Waals surface area contributed by atoms with Crippen molar-refractivity contribution in [1.29, 1.82) is 0 Å².